The van der Waals surface area contributed by atoms with Crippen molar-refractivity contribution in [3.63, 3.8) is 0 Å². The summed E-state index contributed by atoms with van der Waals surface area (Å²) in [6.45, 7) is 0.176. The molecule has 0 heterocycles. The van der Waals surface area contributed by atoms with Crippen LogP contribution in [0.15, 0.2) is 54.6 Å². The Balaban J connectivity index is 1.78. The highest BCUT2D eigenvalue weighted by atomic mass is 32.2. The minimum Gasteiger partial charge on any atom is -0.351 e. The van der Waals surface area contributed by atoms with E-state index in [2.05, 4.69) is 10.0 Å². The molecule has 0 aliphatic carbocycles. The van der Waals surface area contributed by atoms with Crippen LogP contribution in [0.3, 0.4) is 0 Å². The number of rotatable bonds is 7. The van der Waals surface area contributed by atoms with E-state index in [0.29, 0.717) is 0 Å². The van der Waals surface area contributed by atoms with Gasteiger partial charge in [-0.1, -0.05) is 30.3 Å². The Labute approximate surface area is 134 Å². The number of carbonyl (C=O) groups is 1. The van der Waals surface area contributed by atoms with Gasteiger partial charge in [0.25, 0.3) is 5.91 Å². The molecule has 0 aliphatic rings. The number of hydrogen-bond donors (Lipinski definition) is 2. The van der Waals surface area contributed by atoms with Crippen molar-refractivity contribution in [3.05, 3.63) is 71.5 Å². The Kier molecular flexibility index (Phi) is 5.84. The van der Waals surface area contributed by atoms with Gasteiger partial charge in [-0.05, 0) is 29.8 Å². The van der Waals surface area contributed by atoms with Crippen molar-refractivity contribution in [2.45, 2.75) is 6.54 Å². The summed E-state index contributed by atoms with van der Waals surface area (Å²) >= 11 is 0. The quantitative estimate of drug-likeness (QED) is 0.808. The van der Waals surface area contributed by atoms with Crippen LogP contribution in [0.4, 0.5) is 4.39 Å². The Bertz CT molecular complexity index is 747. The molecule has 0 radical (unpaired) electrons. The maximum absolute atomic E-state index is 12.8. The normalized spacial score (nSPS) is 11.2. The van der Waals surface area contributed by atoms with Crippen LogP contribution in [0.2, 0.25) is 0 Å². The number of carbonyl (C=O) groups excluding carboxylic acids is 1. The maximum Gasteiger partial charge on any atom is 0.251 e. The Hall–Kier alpha value is -2.25. The van der Waals surface area contributed by atoms with E-state index >= 15 is 0 Å². The molecule has 0 aliphatic heterocycles. The van der Waals surface area contributed by atoms with E-state index in [1.54, 1.807) is 0 Å². The highest BCUT2D eigenvalue weighted by molar-refractivity contribution is 7.89. The van der Waals surface area contributed by atoms with Gasteiger partial charge in [0.1, 0.15) is 5.82 Å². The SMILES string of the molecule is O=C(NCCS(=O)(=O)NCc1ccccc1)c1ccc(F)cc1. The number of benzene rings is 2. The number of nitrogens with one attached hydrogen (secondary N) is 2. The second-order valence-electron chi connectivity index (χ2n) is 4.89. The lowest BCUT2D eigenvalue weighted by atomic mass is 10.2. The van der Waals surface area contributed by atoms with Gasteiger partial charge in [0, 0.05) is 18.7 Å². The maximum atomic E-state index is 12.8. The molecule has 0 fully saturated rings. The third kappa shape index (κ3) is 5.80. The van der Waals surface area contributed by atoms with Crippen molar-refractivity contribution in [3.8, 4) is 0 Å². The van der Waals surface area contributed by atoms with Crippen molar-refractivity contribution in [1.29, 1.82) is 0 Å². The standard InChI is InChI=1S/C16H17FN2O3S/c17-15-8-6-14(7-9-15)16(20)18-10-11-23(21,22)19-12-13-4-2-1-3-5-13/h1-9,19H,10-12H2,(H,18,20). The smallest absolute Gasteiger partial charge is 0.251 e. The van der Waals surface area contributed by atoms with Crippen LogP contribution in [0.1, 0.15) is 15.9 Å². The summed E-state index contributed by atoms with van der Waals surface area (Å²) in [5.41, 5.74) is 1.13. The minimum absolute atomic E-state index is 0.0274. The molecular weight excluding hydrogens is 319 g/mol. The van der Waals surface area contributed by atoms with Crippen LogP contribution in [0.25, 0.3) is 0 Å². The summed E-state index contributed by atoms with van der Waals surface area (Å²) in [6, 6.07) is 14.2. The first-order chi connectivity index (χ1) is 11.0. The van der Waals surface area contributed by atoms with Crippen LogP contribution in [-0.4, -0.2) is 26.6 Å². The van der Waals surface area contributed by atoms with Crippen LogP contribution >= 0.6 is 0 Å². The zero-order valence-electron chi connectivity index (χ0n) is 12.3. The van der Waals surface area contributed by atoms with Gasteiger partial charge in [0.05, 0.1) is 5.75 Å². The van der Waals surface area contributed by atoms with Gasteiger partial charge in [-0.25, -0.2) is 17.5 Å². The van der Waals surface area contributed by atoms with Crippen molar-refractivity contribution in [2.24, 2.45) is 0 Å². The van der Waals surface area contributed by atoms with Crippen molar-refractivity contribution in [1.82, 2.24) is 10.0 Å². The van der Waals surface area contributed by atoms with Crippen molar-refractivity contribution < 1.29 is 17.6 Å². The van der Waals surface area contributed by atoms with E-state index in [-0.39, 0.29) is 24.4 Å². The van der Waals surface area contributed by atoms with Crippen LogP contribution in [-0.2, 0) is 16.6 Å². The van der Waals surface area contributed by atoms with Gasteiger partial charge in [-0.2, -0.15) is 0 Å². The molecule has 0 atom stereocenters. The highest BCUT2D eigenvalue weighted by Gasteiger charge is 2.11. The fraction of sp³-hybridized carbons (Fsp3) is 0.188. The van der Waals surface area contributed by atoms with E-state index in [9.17, 15) is 17.6 Å². The molecule has 2 aromatic rings. The molecule has 0 bridgehead atoms. The summed E-state index contributed by atoms with van der Waals surface area (Å²) in [5.74, 6) is -1.11. The first-order valence-electron chi connectivity index (χ1n) is 7.01. The average molecular weight is 336 g/mol. The fourth-order valence-corrected chi connectivity index (χ4v) is 2.77. The lowest BCUT2D eigenvalue weighted by Crippen LogP contribution is -2.34. The Morgan fingerprint density at radius 2 is 1.65 bits per heavy atom. The highest BCUT2D eigenvalue weighted by Crippen LogP contribution is 2.02. The summed E-state index contributed by atoms with van der Waals surface area (Å²) in [6.07, 6.45) is 0. The third-order valence-corrected chi connectivity index (χ3v) is 4.43. The molecule has 0 saturated carbocycles. The summed E-state index contributed by atoms with van der Waals surface area (Å²) in [7, 11) is -3.49. The molecule has 1 amide bonds. The van der Waals surface area contributed by atoms with Crippen LogP contribution < -0.4 is 10.0 Å². The van der Waals surface area contributed by atoms with E-state index in [0.717, 1.165) is 5.56 Å². The molecule has 2 rings (SSSR count). The molecule has 7 heteroatoms. The van der Waals surface area contributed by atoms with Crippen LogP contribution in [0, 0.1) is 5.82 Å². The molecule has 23 heavy (non-hydrogen) atoms. The average Bonchev–Trinajstić information content (AvgIpc) is 2.54. The van der Waals surface area contributed by atoms with E-state index in [1.165, 1.54) is 24.3 Å². The second-order valence-corrected chi connectivity index (χ2v) is 6.81. The van der Waals surface area contributed by atoms with E-state index in [4.69, 9.17) is 0 Å². The Morgan fingerprint density at radius 1 is 1.00 bits per heavy atom. The predicted octanol–water partition coefficient (Wildman–Crippen LogP) is 1.68. The minimum atomic E-state index is -3.49. The van der Waals surface area contributed by atoms with Gasteiger partial charge in [-0.15, -0.1) is 0 Å². The molecule has 2 N–H and O–H groups in total. The van der Waals surface area contributed by atoms with Gasteiger partial charge < -0.3 is 5.32 Å². The molecule has 0 unspecified atom stereocenters. The summed E-state index contributed by atoms with van der Waals surface area (Å²) in [5, 5.41) is 2.49. The van der Waals surface area contributed by atoms with Gasteiger partial charge in [-0.3, -0.25) is 4.79 Å². The largest absolute Gasteiger partial charge is 0.351 e. The monoisotopic (exact) mass is 336 g/mol. The number of halogens is 1. The zero-order chi connectivity index (χ0) is 16.7. The first kappa shape index (κ1) is 17.1. The summed E-state index contributed by atoms with van der Waals surface area (Å²) in [4.78, 5) is 11.8. The number of hydrogen-bond acceptors (Lipinski definition) is 3. The number of sulfonamides is 1. The Morgan fingerprint density at radius 3 is 2.30 bits per heavy atom. The molecule has 5 nitrogen and oxygen atoms in total. The lowest BCUT2D eigenvalue weighted by molar-refractivity contribution is 0.0956. The molecule has 0 aromatic heterocycles. The van der Waals surface area contributed by atoms with E-state index < -0.39 is 21.7 Å². The second kappa shape index (κ2) is 7.85. The van der Waals surface area contributed by atoms with Gasteiger partial charge >= 0.3 is 0 Å². The molecule has 122 valence electrons. The van der Waals surface area contributed by atoms with Crippen LogP contribution in [0.5, 0.6) is 0 Å². The zero-order valence-corrected chi connectivity index (χ0v) is 13.1. The molecular formula is C16H17FN2O3S. The van der Waals surface area contributed by atoms with E-state index in [1.807, 2.05) is 30.3 Å². The number of amides is 1. The molecule has 0 saturated heterocycles. The fourth-order valence-electron chi connectivity index (χ4n) is 1.86. The predicted molar refractivity (Wildman–Crippen MR) is 85.8 cm³/mol. The summed E-state index contributed by atoms with van der Waals surface area (Å²) < 4.78 is 38.9. The lowest BCUT2D eigenvalue weighted by Gasteiger charge is -2.08. The first-order valence-corrected chi connectivity index (χ1v) is 8.66. The van der Waals surface area contributed by atoms with Gasteiger partial charge in [0.15, 0.2) is 0 Å². The van der Waals surface area contributed by atoms with Gasteiger partial charge in [0.2, 0.25) is 10.0 Å². The third-order valence-electron chi connectivity index (χ3n) is 3.10. The topological polar surface area (TPSA) is 75.3 Å². The molecule has 2 aromatic carbocycles. The van der Waals surface area contributed by atoms with Crippen molar-refractivity contribution in [2.75, 3.05) is 12.3 Å². The molecule has 0 spiro atoms. The van der Waals surface area contributed by atoms with Crippen molar-refractivity contribution >= 4 is 15.9 Å².